The molecule has 182 valence electrons. The number of aromatic amines is 1. The van der Waals surface area contributed by atoms with Crippen molar-refractivity contribution in [2.45, 2.75) is 77.4 Å². The van der Waals surface area contributed by atoms with E-state index in [4.69, 9.17) is 0 Å². The Morgan fingerprint density at radius 1 is 1.09 bits per heavy atom. The Morgan fingerprint density at radius 3 is 2.62 bits per heavy atom. The molecule has 1 aromatic heterocycles. The van der Waals surface area contributed by atoms with Gasteiger partial charge in [0.1, 0.15) is 0 Å². The van der Waals surface area contributed by atoms with Gasteiger partial charge in [-0.3, -0.25) is 9.59 Å². The summed E-state index contributed by atoms with van der Waals surface area (Å²) in [5, 5.41) is 6.47. The molecule has 0 saturated heterocycles. The van der Waals surface area contributed by atoms with Gasteiger partial charge in [0.2, 0.25) is 0 Å². The molecule has 1 amide bonds. The highest BCUT2D eigenvalue weighted by Gasteiger charge is 2.27. The van der Waals surface area contributed by atoms with Crippen molar-refractivity contribution in [3.05, 3.63) is 74.7 Å². The molecular weight excluding hydrogens is 424 g/mol. The van der Waals surface area contributed by atoms with E-state index in [9.17, 15) is 9.59 Å². The molecule has 3 N–H and O–H groups in total. The number of allylic oxidation sites excluding steroid dienone is 2. The normalized spacial score (nSPS) is 21.0. The number of pyridine rings is 1. The molecule has 1 fully saturated rings. The van der Waals surface area contributed by atoms with Crippen LogP contribution in [0, 0.1) is 6.92 Å². The number of fused-ring (bicyclic) bond motifs is 2. The number of nitrogens with zero attached hydrogens (tertiary/aromatic N) is 1. The number of anilines is 1. The summed E-state index contributed by atoms with van der Waals surface area (Å²) in [5.74, 6) is -0.119. The van der Waals surface area contributed by atoms with Crippen LogP contribution in [0.1, 0.15) is 71.8 Å². The summed E-state index contributed by atoms with van der Waals surface area (Å²) >= 11 is 0. The highest BCUT2D eigenvalue weighted by molar-refractivity contribution is 5.97. The molecule has 2 aromatic rings. The first-order valence-electron chi connectivity index (χ1n) is 12.7. The number of H-pyrrole nitrogens is 1. The Balaban J connectivity index is 1.66. The number of amides is 1. The largest absolute Gasteiger partial charge is 0.369 e. The van der Waals surface area contributed by atoms with Crippen molar-refractivity contribution in [2.24, 2.45) is 0 Å². The average Bonchev–Trinajstić information content (AvgIpc) is 2.83. The van der Waals surface area contributed by atoms with Gasteiger partial charge in [0.25, 0.3) is 11.5 Å². The third-order valence-electron chi connectivity index (χ3n) is 7.45. The minimum atomic E-state index is -0.119. The van der Waals surface area contributed by atoms with Crippen LogP contribution in [0.4, 0.5) is 5.69 Å². The molecule has 6 heteroatoms. The van der Waals surface area contributed by atoms with E-state index in [0.717, 1.165) is 55.5 Å². The Bertz CT molecular complexity index is 1100. The predicted molar refractivity (Wildman–Crippen MR) is 139 cm³/mol. The maximum atomic E-state index is 13.4. The Hall–Kier alpha value is -2.86. The van der Waals surface area contributed by atoms with Crippen molar-refractivity contribution in [1.82, 2.24) is 15.6 Å². The monoisotopic (exact) mass is 462 g/mol. The molecule has 34 heavy (non-hydrogen) atoms. The Morgan fingerprint density at radius 2 is 1.88 bits per heavy atom. The molecule has 0 bridgehead atoms. The van der Waals surface area contributed by atoms with Crippen molar-refractivity contribution in [3.8, 4) is 0 Å². The molecule has 1 aliphatic carbocycles. The lowest BCUT2D eigenvalue weighted by atomic mass is 9.89. The van der Waals surface area contributed by atoms with Crippen molar-refractivity contribution in [2.75, 3.05) is 18.5 Å². The van der Waals surface area contributed by atoms with Gasteiger partial charge in [0, 0.05) is 47.7 Å². The van der Waals surface area contributed by atoms with Gasteiger partial charge in [-0.05, 0) is 95.2 Å². The molecular formula is C28H38N4O2. The van der Waals surface area contributed by atoms with E-state index < -0.39 is 0 Å². The first-order valence-corrected chi connectivity index (χ1v) is 12.7. The van der Waals surface area contributed by atoms with Gasteiger partial charge in [-0.25, -0.2) is 0 Å². The molecule has 0 radical (unpaired) electrons. The van der Waals surface area contributed by atoms with E-state index >= 15 is 0 Å². The molecule has 2 heterocycles. The smallest absolute Gasteiger partial charge is 0.253 e. The van der Waals surface area contributed by atoms with Gasteiger partial charge < -0.3 is 20.5 Å². The van der Waals surface area contributed by atoms with E-state index in [1.165, 1.54) is 18.5 Å². The van der Waals surface area contributed by atoms with Crippen molar-refractivity contribution in [3.63, 3.8) is 0 Å². The molecule has 0 atom stereocenters. The van der Waals surface area contributed by atoms with E-state index in [-0.39, 0.29) is 18.0 Å². The van der Waals surface area contributed by atoms with Crippen LogP contribution in [0.25, 0.3) is 0 Å². The minimum Gasteiger partial charge on any atom is -0.369 e. The second-order valence-electron chi connectivity index (χ2n) is 9.57. The Labute approximate surface area is 202 Å². The number of carbonyl (C=O) groups is 1. The molecule has 0 spiro atoms. The molecule has 1 aliphatic heterocycles. The number of benzene rings is 1. The van der Waals surface area contributed by atoms with E-state index in [0.29, 0.717) is 23.2 Å². The number of rotatable bonds is 4. The summed E-state index contributed by atoms with van der Waals surface area (Å²) < 4.78 is 0. The summed E-state index contributed by atoms with van der Waals surface area (Å²) in [6, 6.07) is 9.20. The third-order valence-corrected chi connectivity index (χ3v) is 7.45. The first-order chi connectivity index (χ1) is 16.5. The molecule has 1 aromatic carbocycles. The van der Waals surface area contributed by atoms with Crippen LogP contribution in [-0.4, -0.2) is 36.6 Å². The van der Waals surface area contributed by atoms with Crippen LogP contribution >= 0.6 is 0 Å². The topological polar surface area (TPSA) is 77.2 Å². The van der Waals surface area contributed by atoms with Crippen molar-refractivity contribution < 1.29 is 4.79 Å². The van der Waals surface area contributed by atoms with E-state index in [2.05, 4.69) is 52.7 Å². The standard InChI is InChI=1S/C28H38N4O2/c1-4-32(22-15-13-21(29-3)14-16-22)26-12-8-11-24-23(26)10-7-5-6-9-20-17-19(2)31-28(34)25(20)18-30-27(24)33/h5,7-8,11-12,17,21-22,29H,4,6,9-10,13-16,18H2,1-3H3,(H,30,33)(H,31,34)/t21-,22-. The number of nitrogens with one attached hydrogen (secondary N) is 3. The SMILES string of the molecule is CCN(c1cccc2c1CC=CCCc1cc(C)[nH]c(=O)c1CNC2=O)[C@H]1CC[C@H](NC)CC1. The number of hydrogen-bond acceptors (Lipinski definition) is 4. The summed E-state index contributed by atoms with van der Waals surface area (Å²) in [6.45, 7) is 5.26. The van der Waals surface area contributed by atoms with E-state index in [1.807, 2.05) is 25.1 Å². The maximum Gasteiger partial charge on any atom is 0.253 e. The van der Waals surface area contributed by atoms with Crippen LogP contribution in [0.3, 0.4) is 0 Å². The van der Waals surface area contributed by atoms with Crippen LogP contribution < -0.4 is 21.1 Å². The number of carbonyl (C=O) groups excluding carboxylic acids is 1. The van der Waals surface area contributed by atoms with Gasteiger partial charge >= 0.3 is 0 Å². The summed E-state index contributed by atoms with van der Waals surface area (Å²) in [5.41, 5.74) is 5.35. The molecule has 4 rings (SSSR count). The lowest BCUT2D eigenvalue weighted by Gasteiger charge is -2.39. The highest BCUT2D eigenvalue weighted by atomic mass is 16.1. The van der Waals surface area contributed by atoms with Gasteiger partial charge in [0.05, 0.1) is 0 Å². The molecule has 0 unspecified atom stereocenters. The lowest BCUT2D eigenvalue weighted by Crippen LogP contribution is -2.42. The second-order valence-corrected chi connectivity index (χ2v) is 9.57. The molecule has 6 nitrogen and oxygen atoms in total. The minimum absolute atomic E-state index is 0.111. The van der Waals surface area contributed by atoms with Gasteiger partial charge in [-0.15, -0.1) is 0 Å². The number of aryl methyl sites for hydroxylation is 2. The fraction of sp³-hybridized carbons (Fsp3) is 0.500. The van der Waals surface area contributed by atoms with Gasteiger partial charge in [-0.1, -0.05) is 18.2 Å². The van der Waals surface area contributed by atoms with Crippen LogP contribution in [-0.2, 0) is 19.4 Å². The van der Waals surface area contributed by atoms with Crippen molar-refractivity contribution in [1.29, 1.82) is 0 Å². The zero-order chi connectivity index (χ0) is 24.1. The fourth-order valence-corrected chi connectivity index (χ4v) is 5.60. The summed E-state index contributed by atoms with van der Waals surface area (Å²) in [6.07, 6.45) is 11.4. The first kappa shape index (κ1) is 24.3. The van der Waals surface area contributed by atoms with Crippen LogP contribution in [0.2, 0.25) is 0 Å². The fourth-order valence-electron chi connectivity index (χ4n) is 5.60. The van der Waals surface area contributed by atoms with Crippen molar-refractivity contribution >= 4 is 11.6 Å². The lowest BCUT2D eigenvalue weighted by molar-refractivity contribution is 0.0950. The van der Waals surface area contributed by atoms with Crippen LogP contribution in [0.5, 0.6) is 0 Å². The van der Waals surface area contributed by atoms with Gasteiger partial charge in [0.15, 0.2) is 0 Å². The van der Waals surface area contributed by atoms with Gasteiger partial charge in [-0.2, -0.15) is 0 Å². The Kier molecular flexibility index (Phi) is 7.88. The third kappa shape index (κ3) is 5.27. The summed E-state index contributed by atoms with van der Waals surface area (Å²) in [4.78, 5) is 31.4. The highest BCUT2D eigenvalue weighted by Crippen LogP contribution is 2.32. The molecule has 2 aliphatic rings. The zero-order valence-corrected chi connectivity index (χ0v) is 20.7. The summed E-state index contributed by atoms with van der Waals surface area (Å²) in [7, 11) is 2.05. The second kappa shape index (κ2) is 11.0. The average molecular weight is 463 g/mol. The maximum absolute atomic E-state index is 13.4. The zero-order valence-electron chi connectivity index (χ0n) is 20.7. The molecule has 1 saturated carbocycles. The number of hydrogen-bond donors (Lipinski definition) is 3. The predicted octanol–water partition coefficient (Wildman–Crippen LogP) is 4.02. The number of aromatic nitrogens is 1. The quantitative estimate of drug-likeness (QED) is 0.600. The van der Waals surface area contributed by atoms with E-state index in [1.54, 1.807) is 0 Å². The van der Waals surface area contributed by atoms with Crippen LogP contribution in [0.15, 0.2) is 41.2 Å².